The summed E-state index contributed by atoms with van der Waals surface area (Å²) in [5, 5.41) is 34.1. The van der Waals surface area contributed by atoms with Crippen LogP contribution < -0.4 is 21.7 Å². The zero-order valence-corrected chi connectivity index (χ0v) is 16.1. The molecule has 3 unspecified atom stereocenters. The van der Waals surface area contributed by atoms with Crippen molar-refractivity contribution in [3.8, 4) is 5.75 Å². The summed E-state index contributed by atoms with van der Waals surface area (Å²) in [6.07, 6.45) is -0.805. The fourth-order valence-corrected chi connectivity index (χ4v) is 2.38. The standard InChI is InChI=1S/C18H24N4O8/c1-9(20-17(28)12(7-15(25)26)21-14(24)8-19)16(27)22-13(18(29)30)6-10-2-4-11(23)5-3-10/h2-5,9,12-13,23H,6-8,19H2,1H3,(H,20,28)(H,21,24)(H,22,27)(H,25,26)(H,29,30). The molecule has 12 heteroatoms. The number of aromatic hydroxyl groups is 1. The summed E-state index contributed by atoms with van der Waals surface area (Å²) >= 11 is 0. The average molecular weight is 424 g/mol. The van der Waals surface area contributed by atoms with Crippen LogP contribution in [0.15, 0.2) is 24.3 Å². The molecule has 3 amide bonds. The van der Waals surface area contributed by atoms with Gasteiger partial charge in [-0.3, -0.25) is 19.2 Å². The maximum atomic E-state index is 12.3. The summed E-state index contributed by atoms with van der Waals surface area (Å²) in [7, 11) is 0. The predicted molar refractivity (Wildman–Crippen MR) is 102 cm³/mol. The summed E-state index contributed by atoms with van der Waals surface area (Å²) < 4.78 is 0. The fraction of sp³-hybridized carbons (Fsp3) is 0.389. The Morgan fingerprint density at radius 2 is 1.53 bits per heavy atom. The zero-order chi connectivity index (χ0) is 22.8. The Bertz CT molecular complexity index is 796. The van der Waals surface area contributed by atoms with Gasteiger partial charge in [0.1, 0.15) is 23.9 Å². The summed E-state index contributed by atoms with van der Waals surface area (Å²) in [5.74, 6) is -5.18. The number of nitrogens with two attached hydrogens (primary N) is 1. The number of carbonyl (C=O) groups excluding carboxylic acids is 3. The maximum absolute atomic E-state index is 12.3. The molecule has 0 radical (unpaired) electrons. The molecule has 0 aromatic heterocycles. The lowest BCUT2D eigenvalue weighted by Crippen LogP contribution is -2.55. The van der Waals surface area contributed by atoms with Crippen LogP contribution in [-0.4, -0.2) is 69.7 Å². The van der Waals surface area contributed by atoms with Crippen molar-refractivity contribution in [3.05, 3.63) is 29.8 Å². The van der Waals surface area contributed by atoms with E-state index >= 15 is 0 Å². The highest BCUT2D eigenvalue weighted by Crippen LogP contribution is 2.11. The Kier molecular flexibility index (Phi) is 9.23. The normalized spacial score (nSPS) is 13.4. The number of hydrogen-bond donors (Lipinski definition) is 7. The average Bonchev–Trinajstić information content (AvgIpc) is 2.67. The third-order valence-electron chi connectivity index (χ3n) is 3.96. The van der Waals surface area contributed by atoms with Crippen molar-refractivity contribution >= 4 is 29.7 Å². The van der Waals surface area contributed by atoms with Gasteiger partial charge in [0.15, 0.2) is 0 Å². The smallest absolute Gasteiger partial charge is 0.326 e. The van der Waals surface area contributed by atoms with Crippen LogP contribution in [0.3, 0.4) is 0 Å². The molecule has 164 valence electrons. The minimum atomic E-state index is -1.46. The molecule has 0 spiro atoms. The summed E-state index contributed by atoms with van der Waals surface area (Å²) in [5.41, 5.74) is 5.68. The number of phenolic OH excluding ortho intramolecular Hbond substituents is 1. The molecule has 0 aliphatic carbocycles. The number of benzene rings is 1. The summed E-state index contributed by atoms with van der Waals surface area (Å²) in [6.45, 7) is 0.812. The largest absolute Gasteiger partial charge is 0.508 e. The second-order valence-electron chi connectivity index (χ2n) is 6.42. The molecule has 8 N–H and O–H groups in total. The summed E-state index contributed by atoms with van der Waals surface area (Å²) in [6, 6.07) is 1.76. The molecular weight excluding hydrogens is 400 g/mol. The van der Waals surface area contributed by atoms with Crippen LogP contribution in [0.25, 0.3) is 0 Å². The quantitative estimate of drug-likeness (QED) is 0.208. The Labute approximate surface area is 171 Å². The maximum Gasteiger partial charge on any atom is 0.326 e. The van der Waals surface area contributed by atoms with Gasteiger partial charge in [0, 0.05) is 6.42 Å². The Morgan fingerprint density at radius 1 is 0.933 bits per heavy atom. The van der Waals surface area contributed by atoms with Crippen LogP contribution in [0.5, 0.6) is 5.75 Å². The van der Waals surface area contributed by atoms with E-state index in [4.69, 9.17) is 10.8 Å². The van der Waals surface area contributed by atoms with E-state index in [1.165, 1.54) is 31.2 Å². The van der Waals surface area contributed by atoms with Crippen molar-refractivity contribution in [3.63, 3.8) is 0 Å². The van der Waals surface area contributed by atoms with Gasteiger partial charge in [-0.15, -0.1) is 0 Å². The van der Waals surface area contributed by atoms with E-state index in [-0.39, 0.29) is 12.2 Å². The number of carbonyl (C=O) groups is 5. The van der Waals surface area contributed by atoms with Gasteiger partial charge in [-0.05, 0) is 24.6 Å². The number of aliphatic carboxylic acids is 2. The lowest BCUT2D eigenvalue weighted by Gasteiger charge is -2.21. The minimum absolute atomic E-state index is 0.00337. The number of rotatable bonds is 11. The molecular formula is C18H24N4O8. The molecule has 0 heterocycles. The van der Waals surface area contributed by atoms with Gasteiger partial charge < -0.3 is 37.0 Å². The zero-order valence-electron chi connectivity index (χ0n) is 16.1. The number of carboxylic acid groups (broad SMARTS) is 2. The van der Waals surface area contributed by atoms with E-state index < -0.39 is 60.8 Å². The van der Waals surface area contributed by atoms with Gasteiger partial charge >= 0.3 is 11.9 Å². The number of hydrogen-bond acceptors (Lipinski definition) is 7. The van der Waals surface area contributed by atoms with Crippen molar-refractivity contribution in [2.75, 3.05) is 6.54 Å². The first-order valence-electron chi connectivity index (χ1n) is 8.86. The molecule has 0 saturated heterocycles. The molecule has 1 aromatic rings. The van der Waals surface area contributed by atoms with Gasteiger partial charge in [-0.1, -0.05) is 12.1 Å². The van der Waals surface area contributed by atoms with E-state index in [1.807, 2.05) is 0 Å². The van der Waals surface area contributed by atoms with E-state index in [9.17, 15) is 34.2 Å². The Morgan fingerprint density at radius 3 is 2.03 bits per heavy atom. The van der Waals surface area contributed by atoms with Gasteiger partial charge in [0.05, 0.1) is 13.0 Å². The number of carboxylic acids is 2. The van der Waals surface area contributed by atoms with Gasteiger partial charge in [-0.2, -0.15) is 0 Å². The highest BCUT2D eigenvalue weighted by atomic mass is 16.4. The van der Waals surface area contributed by atoms with Gasteiger partial charge in [-0.25, -0.2) is 4.79 Å². The summed E-state index contributed by atoms with van der Waals surface area (Å²) in [4.78, 5) is 58.3. The Balaban J connectivity index is 2.76. The van der Waals surface area contributed by atoms with Crippen LogP contribution >= 0.6 is 0 Å². The lowest BCUT2D eigenvalue weighted by molar-refractivity contribution is -0.143. The SMILES string of the molecule is CC(NC(=O)C(CC(=O)O)NC(=O)CN)C(=O)NC(Cc1ccc(O)cc1)C(=O)O. The van der Waals surface area contributed by atoms with Crippen LogP contribution in [0.4, 0.5) is 0 Å². The van der Waals surface area contributed by atoms with Crippen molar-refractivity contribution in [2.24, 2.45) is 5.73 Å². The first-order chi connectivity index (χ1) is 14.0. The van der Waals surface area contributed by atoms with E-state index in [1.54, 1.807) is 0 Å². The highest BCUT2D eigenvalue weighted by Gasteiger charge is 2.28. The highest BCUT2D eigenvalue weighted by molar-refractivity contribution is 5.95. The number of amides is 3. The third-order valence-corrected chi connectivity index (χ3v) is 3.96. The number of phenols is 1. The van der Waals surface area contributed by atoms with Gasteiger partial charge in [0.2, 0.25) is 17.7 Å². The monoisotopic (exact) mass is 424 g/mol. The van der Waals surface area contributed by atoms with E-state index in [2.05, 4.69) is 16.0 Å². The lowest BCUT2D eigenvalue weighted by atomic mass is 10.1. The molecule has 0 aliphatic heterocycles. The molecule has 1 aromatic carbocycles. The molecule has 3 atom stereocenters. The van der Waals surface area contributed by atoms with Crippen LogP contribution in [0, 0.1) is 0 Å². The second-order valence-corrected chi connectivity index (χ2v) is 6.42. The minimum Gasteiger partial charge on any atom is -0.508 e. The molecule has 1 rings (SSSR count). The van der Waals surface area contributed by atoms with Crippen LogP contribution in [-0.2, 0) is 30.4 Å². The van der Waals surface area contributed by atoms with Gasteiger partial charge in [0.25, 0.3) is 0 Å². The van der Waals surface area contributed by atoms with Crippen molar-refractivity contribution in [1.29, 1.82) is 0 Å². The number of nitrogens with one attached hydrogen (secondary N) is 3. The predicted octanol–water partition coefficient (Wildman–Crippen LogP) is -2.07. The second kappa shape index (κ2) is 11.4. The topological polar surface area (TPSA) is 208 Å². The first kappa shape index (κ1) is 24.4. The van der Waals surface area contributed by atoms with Crippen molar-refractivity contribution < 1.29 is 39.3 Å². The van der Waals surface area contributed by atoms with E-state index in [0.717, 1.165) is 0 Å². The fourth-order valence-electron chi connectivity index (χ4n) is 2.38. The third kappa shape index (κ3) is 8.14. The molecule has 12 nitrogen and oxygen atoms in total. The van der Waals surface area contributed by atoms with Crippen LogP contribution in [0.1, 0.15) is 18.9 Å². The van der Waals surface area contributed by atoms with E-state index in [0.29, 0.717) is 5.56 Å². The van der Waals surface area contributed by atoms with Crippen molar-refractivity contribution in [2.45, 2.75) is 37.9 Å². The molecule has 0 saturated carbocycles. The first-order valence-corrected chi connectivity index (χ1v) is 8.86. The Hall–Kier alpha value is -3.67. The molecule has 0 bridgehead atoms. The van der Waals surface area contributed by atoms with Crippen molar-refractivity contribution in [1.82, 2.24) is 16.0 Å². The molecule has 30 heavy (non-hydrogen) atoms. The molecule has 0 fully saturated rings. The van der Waals surface area contributed by atoms with Crippen LogP contribution in [0.2, 0.25) is 0 Å². The molecule has 0 aliphatic rings.